The second kappa shape index (κ2) is 5.44. The predicted octanol–water partition coefficient (Wildman–Crippen LogP) is 2.99. The maximum absolute atomic E-state index is 4.43. The first-order valence-corrected chi connectivity index (χ1v) is 6.26. The zero-order valence-corrected chi connectivity index (χ0v) is 11.0. The number of hydrogen-bond acceptors (Lipinski definition) is 5. The SMILES string of the molecule is Cc1ncccc1-c1ncnc(Nc2ccccc2)n1. The van der Waals surface area contributed by atoms with E-state index in [-0.39, 0.29) is 0 Å². The molecular weight excluding hydrogens is 250 g/mol. The number of hydrogen-bond donors (Lipinski definition) is 1. The molecule has 0 aliphatic carbocycles. The van der Waals surface area contributed by atoms with Crippen LogP contribution in [0.3, 0.4) is 0 Å². The van der Waals surface area contributed by atoms with Gasteiger partial charge in [0.25, 0.3) is 0 Å². The summed E-state index contributed by atoms with van der Waals surface area (Å²) in [5.41, 5.74) is 2.74. The average molecular weight is 263 g/mol. The standard InChI is InChI=1S/C15H13N5/c1-11-13(8-5-9-16-11)14-17-10-18-15(20-14)19-12-6-3-2-4-7-12/h2-10H,1H3,(H,17,18,19,20). The topological polar surface area (TPSA) is 63.6 Å². The fourth-order valence-corrected chi connectivity index (χ4v) is 1.86. The largest absolute Gasteiger partial charge is 0.324 e. The molecule has 3 rings (SSSR count). The van der Waals surface area contributed by atoms with E-state index in [0.717, 1.165) is 16.9 Å². The molecule has 0 bridgehead atoms. The van der Waals surface area contributed by atoms with E-state index >= 15 is 0 Å². The molecule has 98 valence electrons. The molecule has 0 saturated carbocycles. The Bertz CT molecular complexity index is 712. The van der Waals surface area contributed by atoms with E-state index in [0.29, 0.717) is 11.8 Å². The number of para-hydroxylation sites is 1. The van der Waals surface area contributed by atoms with Crippen molar-refractivity contribution in [2.75, 3.05) is 5.32 Å². The van der Waals surface area contributed by atoms with E-state index in [4.69, 9.17) is 0 Å². The molecule has 1 aromatic carbocycles. The lowest BCUT2D eigenvalue weighted by molar-refractivity contribution is 1.05. The molecule has 0 unspecified atom stereocenters. The van der Waals surface area contributed by atoms with Crippen molar-refractivity contribution in [3.63, 3.8) is 0 Å². The highest BCUT2D eigenvalue weighted by molar-refractivity contribution is 5.60. The molecule has 0 spiro atoms. The van der Waals surface area contributed by atoms with Crippen molar-refractivity contribution in [2.45, 2.75) is 6.92 Å². The van der Waals surface area contributed by atoms with E-state index in [1.807, 2.05) is 49.4 Å². The fourth-order valence-electron chi connectivity index (χ4n) is 1.86. The summed E-state index contributed by atoms with van der Waals surface area (Å²) in [6, 6.07) is 13.6. The third kappa shape index (κ3) is 2.61. The summed E-state index contributed by atoms with van der Waals surface area (Å²) in [5.74, 6) is 1.13. The minimum absolute atomic E-state index is 0.518. The molecule has 0 aliphatic rings. The molecule has 2 aromatic heterocycles. The molecule has 1 N–H and O–H groups in total. The fraction of sp³-hybridized carbons (Fsp3) is 0.0667. The highest BCUT2D eigenvalue weighted by atomic mass is 15.1. The molecule has 0 fully saturated rings. The van der Waals surface area contributed by atoms with Gasteiger partial charge in [-0.15, -0.1) is 0 Å². The first kappa shape index (κ1) is 12.2. The lowest BCUT2D eigenvalue weighted by Gasteiger charge is -2.06. The molecule has 5 heteroatoms. The summed E-state index contributed by atoms with van der Waals surface area (Å²) in [5, 5.41) is 3.15. The molecule has 2 heterocycles. The lowest BCUT2D eigenvalue weighted by atomic mass is 10.2. The van der Waals surface area contributed by atoms with Gasteiger partial charge in [-0.3, -0.25) is 4.98 Å². The van der Waals surface area contributed by atoms with Gasteiger partial charge in [-0.2, -0.15) is 4.98 Å². The first-order chi connectivity index (χ1) is 9.83. The Morgan fingerprint density at radius 2 is 1.75 bits per heavy atom. The van der Waals surface area contributed by atoms with Crippen LogP contribution in [0.25, 0.3) is 11.4 Å². The van der Waals surface area contributed by atoms with Gasteiger partial charge in [0.1, 0.15) is 6.33 Å². The normalized spacial score (nSPS) is 10.2. The van der Waals surface area contributed by atoms with E-state index < -0.39 is 0 Å². The number of aromatic nitrogens is 4. The molecule has 0 saturated heterocycles. The van der Waals surface area contributed by atoms with Gasteiger partial charge in [0.2, 0.25) is 5.95 Å². The minimum Gasteiger partial charge on any atom is -0.324 e. The summed E-state index contributed by atoms with van der Waals surface area (Å²) >= 11 is 0. The number of anilines is 2. The molecule has 3 aromatic rings. The first-order valence-electron chi connectivity index (χ1n) is 6.26. The van der Waals surface area contributed by atoms with Crippen molar-refractivity contribution >= 4 is 11.6 Å². The van der Waals surface area contributed by atoms with Gasteiger partial charge in [-0.1, -0.05) is 18.2 Å². The maximum atomic E-state index is 4.43. The van der Waals surface area contributed by atoms with Gasteiger partial charge in [0.05, 0.1) is 0 Å². The van der Waals surface area contributed by atoms with Crippen LogP contribution in [-0.2, 0) is 0 Å². The number of rotatable bonds is 3. The summed E-state index contributed by atoms with van der Waals surface area (Å²) in [6.07, 6.45) is 3.25. The van der Waals surface area contributed by atoms with Gasteiger partial charge in [0, 0.05) is 23.1 Å². The third-order valence-electron chi connectivity index (χ3n) is 2.85. The molecule has 5 nitrogen and oxygen atoms in total. The van der Waals surface area contributed by atoms with Crippen molar-refractivity contribution in [2.24, 2.45) is 0 Å². The Morgan fingerprint density at radius 3 is 2.55 bits per heavy atom. The van der Waals surface area contributed by atoms with Gasteiger partial charge in [-0.05, 0) is 31.2 Å². The van der Waals surface area contributed by atoms with E-state index in [9.17, 15) is 0 Å². The van der Waals surface area contributed by atoms with Crippen molar-refractivity contribution in [3.05, 3.63) is 60.7 Å². The number of benzene rings is 1. The Kier molecular flexibility index (Phi) is 3.33. The number of pyridine rings is 1. The summed E-state index contributed by atoms with van der Waals surface area (Å²) in [4.78, 5) is 17.0. The molecule has 0 amide bonds. The number of nitrogens with zero attached hydrogens (tertiary/aromatic N) is 4. The van der Waals surface area contributed by atoms with E-state index in [1.165, 1.54) is 6.33 Å². The Hall–Kier alpha value is -2.82. The Labute approximate surface area is 116 Å². The zero-order chi connectivity index (χ0) is 13.8. The van der Waals surface area contributed by atoms with Crippen molar-refractivity contribution in [1.29, 1.82) is 0 Å². The smallest absolute Gasteiger partial charge is 0.230 e. The zero-order valence-electron chi connectivity index (χ0n) is 11.0. The molecule has 0 radical (unpaired) electrons. The van der Waals surface area contributed by atoms with Crippen LogP contribution in [0.15, 0.2) is 55.0 Å². The van der Waals surface area contributed by atoms with Crippen LogP contribution in [-0.4, -0.2) is 19.9 Å². The van der Waals surface area contributed by atoms with E-state index in [2.05, 4.69) is 25.3 Å². The second-order valence-corrected chi connectivity index (χ2v) is 4.26. The monoisotopic (exact) mass is 263 g/mol. The van der Waals surface area contributed by atoms with Crippen LogP contribution in [0, 0.1) is 6.92 Å². The van der Waals surface area contributed by atoms with Gasteiger partial charge in [-0.25, -0.2) is 9.97 Å². The highest BCUT2D eigenvalue weighted by Gasteiger charge is 2.07. The molecule has 0 atom stereocenters. The lowest BCUT2D eigenvalue weighted by Crippen LogP contribution is -2.00. The van der Waals surface area contributed by atoms with Crippen molar-refractivity contribution < 1.29 is 0 Å². The summed E-state index contributed by atoms with van der Waals surface area (Å²) in [6.45, 7) is 1.93. The molecular formula is C15H13N5. The highest BCUT2D eigenvalue weighted by Crippen LogP contribution is 2.19. The Morgan fingerprint density at radius 1 is 0.900 bits per heavy atom. The van der Waals surface area contributed by atoms with Crippen LogP contribution in [0.2, 0.25) is 0 Å². The van der Waals surface area contributed by atoms with E-state index in [1.54, 1.807) is 6.20 Å². The third-order valence-corrected chi connectivity index (χ3v) is 2.85. The van der Waals surface area contributed by atoms with Gasteiger partial charge < -0.3 is 5.32 Å². The van der Waals surface area contributed by atoms with Crippen molar-refractivity contribution in [3.8, 4) is 11.4 Å². The van der Waals surface area contributed by atoms with Gasteiger partial charge in [0.15, 0.2) is 5.82 Å². The van der Waals surface area contributed by atoms with Crippen LogP contribution < -0.4 is 5.32 Å². The number of nitrogens with one attached hydrogen (secondary N) is 1. The average Bonchev–Trinajstić information content (AvgIpc) is 2.49. The van der Waals surface area contributed by atoms with Gasteiger partial charge >= 0.3 is 0 Å². The van der Waals surface area contributed by atoms with Crippen LogP contribution in [0.4, 0.5) is 11.6 Å². The quantitative estimate of drug-likeness (QED) is 0.787. The second-order valence-electron chi connectivity index (χ2n) is 4.26. The number of aryl methyl sites for hydroxylation is 1. The summed E-state index contributed by atoms with van der Waals surface area (Å²) < 4.78 is 0. The maximum Gasteiger partial charge on any atom is 0.230 e. The van der Waals surface area contributed by atoms with Crippen LogP contribution in [0.1, 0.15) is 5.69 Å². The van der Waals surface area contributed by atoms with Crippen molar-refractivity contribution in [1.82, 2.24) is 19.9 Å². The van der Waals surface area contributed by atoms with Crippen LogP contribution in [0.5, 0.6) is 0 Å². The predicted molar refractivity (Wildman–Crippen MR) is 77.5 cm³/mol. The molecule has 20 heavy (non-hydrogen) atoms. The molecule has 0 aliphatic heterocycles. The van der Waals surface area contributed by atoms with Crippen LogP contribution >= 0.6 is 0 Å². The minimum atomic E-state index is 0.518. The Balaban J connectivity index is 1.92. The summed E-state index contributed by atoms with van der Waals surface area (Å²) in [7, 11) is 0.